The number of anilines is 2. The number of carbonyl (C=O) groups is 1. The average Bonchev–Trinajstić information content (AvgIpc) is 2.75. The van der Waals surface area contributed by atoms with Crippen molar-refractivity contribution in [3.05, 3.63) is 52.0 Å². The first-order valence-corrected chi connectivity index (χ1v) is 10.5. The lowest BCUT2D eigenvalue weighted by molar-refractivity contribution is -0.112. The summed E-state index contributed by atoms with van der Waals surface area (Å²) in [5.41, 5.74) is 2.33. The molecule has 1 amide bonds. The average molecular weight is 472 g/mol. The second kappa shape index (κ2) is 11.3. The van der Waals surface area contributed by atoms with E-state index in [-0.39, 0.29) is 5.57 Å². The SMILES string of the molecule is CCOc1cc(/C=C(/C#N)C(=O)Nc2ccc(N(CC)CC)cc2)c(Br)cc1OC. The Kier molecular flexibility index (Phi) is 8.75. The summed E-state index contributed by atoms with van der Waals surface area (Å²) in [4.78, 5) is 14.9. The molecular weight excluding hydrogens is 446 g/mol. The van der Waals surface area contributed by atoms with Crippen LogP contribution < -0.4 is 19.7 Å². The Labute approximate surface area is 186 Å². The van der Waals surface area contributed by atoms with Crippen LogP contribution in [0.15, 0.2) is 46.4 Å². The second-order valence-corrected chi connectivity index (χ2v) is 7.16. The van der Waals surface area contributed by atoms with Crippen molar-refractivity contribution in [1.29, 1.82) is 5.26 Å². The first-order valence-electron chi connectivity index (χ1n) is 9.75. The predicted octanol–water partition coefficient (Wildman–Crippen LogP) is 5.25. The number of ether oxygens (including phenoxy) is 2. The molecule has 0 heterocycles. The van der Waals surface area contributed by atoms with Crippen molar-refractivity contribution >= 4 is 39.3 Å². The Hall–Kier alpha value is -2.98. The molecule has 0 unspecified atom stereocenters. The van der Waals surface area contributed by atoms with Crippen LogP contribution in [0, 0.1) is 11.3 Å². The minimum Gasteiger partial charge on any atom is -0.493 e. The molecule has 158 valence electrons. The number of hydrogen-bond donors (Lipinski definition) is 1. The third-order valence-electron chi connectivity index (χ3n) is 4.50. The van der Waals surface area contributed by atoms with Crippen molar-refractivity contribution in [2.24, 2.45) is 0 Å². The number of nitriles is 1. The van der Waals surface area contributed by atoms with Crippen LogP contribution in [-0.2, 0) is 4.79 Å². The number of carbonyl (C=O) groups excluding carboxylic acids is 1. The highest BCUT2D eigenvalue weighted by Crippen LogP contribution is 2.34. The Bertz CT molecular complexity index is 945. The number of halogens is 1. The highest BCUT2D eigenvalue weighted by molar-refractivity contribution is 9.10. The van der Waals surface area contributed by atoms with Gasteiger partial charge in [-0.2, -0.15) is 5.26 Å². The number of benzene rings is 2. The zero-order valence-electron chi connectivity index (χ0n) is 17.7. The number of methoxy groups -OCH3 is 1. The van der Waals surface area contributed by atoms with E-state index in [1.165, 1.54) is 6.08 Å². The van der Waals surface area contributed by atoms with E-state index in [2.05, 4.69) is 40.0 Å². The van der Waals surface area contributed by atoms with E-state index in [0.29, 0.717) is 33.8 Å². The lowest BCUT2D eigenvalue weighted by Crippen LogP contribution is -2.21. The molecule has 0 radical (unpaired) electrons. The first kappa shape index (κ1) is 23.3. The van der Waals surface area contributed by atoms with Gasteiger partial charge in [0.05, 0.1) is 13.7 Å². The van der Waals surface area contributed by atoms with Gasteiger partial charge in [-0.1, -0.05) is 15.9 Å². The van der Waals surface area contributed by atoms with Crippen LogP contribution in [0.25, 0.3) is 6.08 Å². The van der Waals surface area contributed by atoms with Gasteiger partial charge in [0.2, 0.25) is 0 Å². The van der Waals surface area contributed by atoms with Crippen LogP contribution in [0.5, 0.6) is 11.5 Å². The maximum Gasteiger partial charge on any atom is 0.266 e. The fraction of sp³-hybridized carbons (Fsp3) is 0.304. The third-order valence-corrected chi connectivity index (χ3v) is 5.19. The second-order valence-electron chi connectivity index (χ2n) is 6.30. The van der Waals surface area contributed by atoms with Gasteiger partial charge >= 0.3 is 0 Å². The fourth-order valence-corrected chi connectivity index (χ4v) is 3.37. The van der Waals surface area contributed by atoms with Gasteiger partial charge in [0, 0.05) is 28.9 Å². The van der Waals surface area contributed by atoms with Crippen LogP contribution >= 0.6 is 15.9 Å². The van der Waals surface area contributed by atoms with Crippen LogP contribution in [0.2, 0.25) is 0 Å². The molecule has 0 aliphatic rings. The molecule has 30 heavy (non-hydrogen) atoms. The Balaban J connectivity index is 2.25. The van der Waals surface area contributed by atoms with E-state index in [1.54, 1.807) is 19.2 Å². The molecule has 6 nitrogen and oxygen atoms in total. The van der Waals surface area contributed by atoms with Crippen LogP contribution in [0.1, 0.15) is 26.3 Å². The Morgan fingerprint density at radius 1 is 1.17 bits per heavy atom. The summed E-state index contributed by atoms with van der Waals surface area (Å²) in [5.74, 6) is 0.630. The number of amides is 1. The molecule has 0 fully saturated rings. The lowest BCUT2D eigenvalue weighted by atomic mass is 10.1. The molecule has 0 atom stereocenters. The molecule has 0 aromatic heterocycles. The van der Waals surface area contributed by atoms with Gasteiger partial charge in [-0.15, -0.1) is 0 Å². The number of rotatable bonds is 9. The van der Waals surface area contributed by atoms with Crippen LogP contribution in [-0.4, -0.2) is 32.7 Å². The molecule has 2 aromatic rings. The monoisotopic (exact) mass is 471 g/mol. The zero-order valence-corrected chi connectivity index (χ0v) is 19.2. The summed E-state index contributed by atoms with van der Waals surface area (Å²) < 4.78 is 11.6. The normalized spacial score (nSPS) is 10.9. The van der Waals surface area contributed by atoms with Crippen LogP contribution in [0.4, 0.5) is 11.4 Å². The highest BCUT2D eigenvalue weighted by Gasteiger charge is 2.14. The number of nitrogens with zero attached hydrogens (tertiary/aromatic N) is 2. The molecule has 2 aromatic carbocycles. The van der Waals surface area contributed by atoms with Crippen LogP contribution in [0.3, 0.4) is 0 Å². The molecule has 0 aliphatic carbocycles. The van der Waals surface area contributed by atoms with E-state index >= 15 is 0 Å². The summed E-state index contributed by atoms with van der Waals surface area (Å²) in [6.07, 6.45) is 1.52. The molecule has 0 aliphatic heterocycles. The predicted molar refractivity (Wildman–Crippen MR) is 124 cm³/mol. The van der Waals surface area contributed by atoms with Gasteiger partial charge in [0.25, 0.3) is 5.91 Å². The molecule has 1 N–H and O–H groups in total. The first-order chi connectivity index (χ1) is 14.5. The van der Waals surface area contributed by atoms with Crippen molar-refractivity contribution in [2.45, 2.75) is 20.8 Å². The van der Waals surface area contributed by atoms with Crippen molar-refractivity contribution in [3.8, 4) is 17.6 Å². The van der Waals surface area contributed by atoms with E-state index in [9.17, 15) is 10.1 Å². The molecule has 2 rings (SSSR count). The Morgan fingerprint density at radius 2 is 1.83 bits per heavy atom. The van der Waals surface area contributed by atoms with Gasteiger partial charge in [0.1, 0.15) is 11.6 Å². The minimum atomic E-state index is -0.478. The largest absolute Gasteiger partial charge is 0.493 e. The lowest BCUT2D eigenvalue weighted by Gasteiger charge is -2.21. The molecule has 7 heteroatoms. The topological polar surface area (TPSA) is 74.6 Å². The summed E-state index contributed by atoms with van der Waals surface area (Å²) >= 11 is 3.46. The van der Waals surface area contributed by atoms with Gasteiger partial charge in [0.15, 0.2) is 11.5 Å². The fourth-order valence-electron chi connectivity index (χ4n) is 2.94. The molecule has 0 saturated carbocycles. The van der Waals surface area contributed by atoms with Crippen molar-refractivity contribution < 1.29 is 14.3 Å². The smallest absolute Gasteiger partial charge is 0.266 e. The van der Waals surface area contributed by atoms with Crippen molar-refractivity contribution in [3.63, 3.8) is 0 Å². The van der Waals surface area contributed by atoms with Gasteiger partial charge in [-0.3, -0.25) is 4.79 Å². The molecular formula is C23H26BrN3O3. The maximum absolute atomic E-state index is 12.6. The number of nitrogens with one attached hydrogen (secondary N) is 1. The third kappa shape index (κ3) is 5.77. The minimum absolute atomic E-state index is 0.0175. The van der Waals surface area contributed by atoms with E-state index in [1.807, 2.05) is 37.3 Å². The summed E-state index contributed by atoms with van der Waals surface area (Å²) in [6.45, 7) is 8.34. The summed E-state index contributed by atoms with van der Waals surface area (Å²) in [5, 5.41) is 12.3. The van der Waals surface area contributed by atoms with Crippen molar-refractivity contribution in [2.75, 3.05) is 37.0 Å². The zero-order chi connectivity index (χ0) is 22.1. The quantitative estimate of drug-likeness (QED) is 0.399. The van der Waals surface area contributed by atoms with Gasteiger partial charge < -0.3 is 19.7 Å². The van der Waals surface area contributed by atoms with Gasteiger partial charge in [-0.25, -0.2) is 0 Å². The van der Waals surface area contributed by atoms with E-state index in [4.69, 9.17) is 9.47 Å². The van der Waals surface area contributed by atoms with E-state index < -0.39 is 5.91 Å². The Morgan fingerprint density at radius 3 is 2.37 bits per heavy atom. The molecule has 0 spiro atoms. The highest BCUT2D eigenvalue weighted by atomic mass is 79.9. The molecule has 0 saturated heterocycles. The van der Waals surface area contributed by atoms with E-state index in [0.717, 1.165) is 18.8 Å². The number of hydrogen-bond acceptors (Lipinski definition) is 5. The van der Waals surface area contributed by atoms with Gasteiger partial charge in [-0.05, 0) is 68.8 Å². The maximum atomic E-state index is 12.6. The summed E-state index contributed by atoms with van der Waals surface area (Å²) in [6, 6.07) is 13.0. The molecule has 0 bridgehead atoms. The summed E-state index contributed by atoms with van der Waals surface area (Å²) in [7, 11) is 1.56. The van der Waals surface area contributed by atoms with Crippen molar-refractivity contribution in [1.82, 2.24) is 0 Å². The standard InChI is InChI=1S/C23H26BrN3O3/c1-5-27(6-2)19-10-8-18(9-11-19)26-23(28)17(15-25)12-16-13-22(30-7-3)21(29-4)14-20(16)24/h8-14H,5-7H2,1-4H3,(H,26,28)/b17-12-.